The summed E-state index contributed by atoms with van der Waals surface area (Å²) in [6, 6.07) is 10.1. The van der Waals surface area contributed by atoms with Crippen LogP contribution in [-0.2, 0) is 14.3 Å². The zero-order valence-corrected chi connectivity index (χ0v) is 13.2. The lowest BCUT2D eigenvalue weighted by molar-refractivity contribution is -0.250. The second kappa shape index (κ2) is 7.71. The molecule has 0 saturated carbocycles. The third-order valence-electron chi connectivity index (χ3n) is 4.17. The zero-order valence-electron chi connectivity index (χ0n) is 13.2. The van der Waals surface area contributed by atoms with E-state index in [4.69, 9.17) is 9.47 Å². The molecule has 1 aromatic rings. The molecule has 2 rings (SSSR count). The molecule has 1 aliphatic heterocycles. The van der Waals surface area contributed by atoms with Gasteiger partial charge >= 0.3 is 0 Å². The Kier molecular flexibility index (Phi) is 5.95. The number of benzene rings is 1. The number of carbonyl (C=O) groups excluding carboxylic acids is 1. The Balaban J connectivity index is 1.93. The van der Waals surface area contributed by atoms with Crippen molar-refractivity contribution in [3.8, 4) is 0 Å². The van der Waals surface area contributed by atoms with E-state index < -0.39 is 0 Å². The van der Waals surface area contributed by atoms with E-state index in [9.17, 15) is 4.79 Å². The molecule has 1 aromatic carbocycles. The first-order valence-electron chi connectivity index (χ1n) is 7.89. The summed E-state index contributed by atoms with van der Waals surface area (Å²) in [5.41, 5.74) is 1.07. The first kappa shape index (κ1) is 16.2. The predicted molar refractivity (Wildman–Crippen MR) is 82.9 cm³/mol. The fraction of sp³-hybridized carbons (Fsp3) is 0.611. The van der Waals surface area contributed by atoms with Crippen molar-refractivity contribution in [3.05, 3.63) is 35.9 Å². The summed E-state index contributed by atoms with van der Waals surface area (Å²) >= 11 is 0. The minimum Gasteiger partial charge on any atom is -0.348 e. The van der Waals surface area contributed by atoms with Gasteiger partial charge < -0.3 is 14.3 Å². The van der Waals surface area contributed by atoms with E-state index in [1.54, 1.807) is 6.92 Å². The van der Waals surface area contributed by atoms with Gasteiger partial charge in [-0.25, -0.2) is 0 Å². The Morgan fingerprint density at radius 3 is 2.71 bits per heavy atom. The van der Waals surface area contributed by atoms with Crippen molar-refractivity contribution < 1.29 is 14.3 Å². The number of ether oxygens (including phenoxy) is 2. The molecule has 1 fully saturated rings. The van der Waals surface area contributed by atoms with Crippen molar-refractivity contribution in [2.24, 2.45) is 11.8 Å². The van der Waals surface area contributed by atoms with Crippen molar-refractivity contribution in [3.63, 3.8) is 0 Å². The van der Waals surface area contributed by atoms with Crippen LogP contribution in [-0.4, -0.2) is 18.5 Å². The van der Waals surface area contributed by atoms with Gasteiger partial charge in [-0.2, -0.15) is 0 Å². The lowest BCUT2D eigenvalue weighted by Gasteiger charge is -2.38. The Morgan fingerprint density at radius 1 is 1.33 bits per heavy atom. The highest BCUT2D eigenvalue weighted by molar-refractivity contribution is 5.75. The van der Waals surface area contributed by atoms with E-state index in [2.05, 4.69) is 13.8 Å². The quantitative estimate of drug-likeness (QED) is 0.790. The molecule has 116 valence electrons. The van der Waals surface area contributed by atoms with Gasteiger partial charge in [0.1, 0.15) is 5.78 Å². The maximum absolute atomic E-state index is 11.1. The summed E-state index contributed by atoms with van der Waals surface area (Å²) in [6.07, 6.45) is 2.57. The summed E-state index contributed by atoms with van der Waals surface area (Å²) in [5, 5.41) is 0. The summed E-state index contributed by atoms with van der Waals surface area (Å²) < 4.78 is 12.0. The molecule has 4 atom stereocenters. The zero-order chi connectivity index (χ0) is 15.2. The Morgan fingerprint density at radius 2 is 2.05 bits per heavy atom. The van der Waals surface area contributed by atoms with Gasteiger partial charge in [-0.05, 0) is 25.7 Å². The average molecular weight is 290 g/mol. The maximum atomic E-state index is 11.1. The van der Waals surface area contributed by atoms with E-state index in [-0.39, 0.29) is 18.2 Å². The summed E-state index contributed by atoms with van der Waals surface area (Å²) in [5.74, 6) is 1.09. The van der Waals surface area contributed by atoms with Crippen LogP contribution in [0, 0.1) is 11.8 Å². The number of Topliss-reactive ketones (excluding diaryl/α,β-unsaturated/α-hetero) is 1. The molecule has 0 radical (unpaired) electrons. The topological polar surface area (TPSA) is 35.5 Å². The maximum Gasteiger partial charge on any atom is 0.184 e. The molecule has 0 amide bonds. The van der Waals surface area contributed by atoms with Crippen molar-refractivity contribution in [2.45, 2.75) is 52.4 Å². The van der Waals surface area contributed by atoms with E-state index in [0.29, 0.717) is 18.3 Å². The molecular weight excluding hydrogens is 264 g/mol. The van der Waals surface area contributed by atoms with Crippen LogP contribution in [0.25, 0.3) is 0 Å². The van der Waals surface area contributed by atoms with Crippen LogP contribution in [0.4, 0.5) is 0 Å². The van der Waals surface area contributed by atoms with Crippen molar-refractivity contribution in [1.29, 1.82) is 0 Å². The van der Waals surface area contributed by atoms with Crippen molar-refractivity contribution >= 4 is 5.78 Å². The molecule has 3 heteroatoms. The molecule has 21 heavy (non-hydrogen) atoms. The lowest BCUT2D eigenvalue weighted by atomic mass is 9.89. The van der Waals surface area contributed by atoms with Gasteiger partial charge in [0.15, 0.2) is 6.29 Å². The van der Waals surface area contributed by atoms with Crippen LogP contribution in [0.2, 0.25) is 0 Å². The monoisotopic (exact) mass is 290 g/mol. The van der Waals surface area contributed by atoms with Gasteiger partial charge in [-0.3, -0.25) is 0 Å². The Bertz CT molecular complexity index is 443. The lowest BCUT2D eigenvalue weighted by Crippen LogP contribution is -2.38. The molecular formula is C18H26O3. The van der Waals surface area contributed by atoms with Crippen LogP contribution >= 0.6 is 0 Å². The van der Waals surface area contributed by atoms with Crippen molar-refractivity contribution in [2.75, 3.05) is 6.61 Å². The fourth-order valence-electron chi connectivity index (χ4n) is 2.97. The van der Waals surface area contributed by atoms with E-state index in [1.165, 1.54) is 0 Å². The number of rotatable bonds is 6. The summed E-state index contributed by atoms with van der Waals surface area (Å²) in [4.78, 5) is 11.1. The Hall–Kier alpha value is -1.19. The number of ketones is 1. The predicted octanol–water partition coefficient (Wildman–Crippen LogP) is 4.13. The summed E-state index contributed by atoms with van der Waals surface area (Å²) in [6.45, 7) is 6.77. The molecule has 0 aromatic heterocycles. The standard InChI is InChI=1S/C18H26O3/c1-13(8-7-9-15(3)19)17-14(2)12-20-18(21-17)16-10-5-4-6-11-16/h4-6,10-11,13-14,17-18H,7-9,12H2,1-3H3/t13-,14+,17-,18+/m0/s1. The van der Waals surface area contributed by atoms with Gasteiger partial charge in [0, 0.05) is 17.9 Å². The van der Waals surface area contributed by atoms with E-state index in [0.717, 1.165) is 25.0 Å². The highest BCUT2D eigenvalue weighted by Gasteiger charge is 2.33. The van der Waals surface area contributed by atoms with Gasteiger partial charge in [0.25, 0.3) is 0 Å². The summed E-state index contributed by atoms with van der Waals surface area (Å²) in [7, 11) is 0. The third-order valence-corrected chi connectivity index (χ3v) is 4.17. The minimum atomic E-state index is -0.261. The van der Waals surface area contributed by atoms with E-state index >= 15 is 0 Å². The molecule has 0 N–H and O–H groups in total. The third kappa shape index (κ3) is 4.65. The molecule has 1 aliphatic rings. The number of hydrogen-bond donors (Lipinski definition) is 0. The fourth-order valence-corrected chi connectivity index (χ4v) is 2.97. The molecule has 1 saturated heterocycles. The number of carbonyl (C=O) groups is 1. The first-order valence-corrected chi connectivity index (χ1v) is 7.89. The van der Waals surface area contributed by atoms with Crippen LogP contribution in [0.3, 0.4) is 0 Å². The van der Waals surface area contributed by atoms with E-state index in [1.807, 2.05) is 30.3 Å². The molecule has 0 unspecified atom stereocenters. The minimum absolute atomic E-state index is 0.191. The van der Waals surface area contributed by atoms with Crippen LogP contribution in [0.1, 0.15) is 51.9 Å². The largest absolute Gasteiger partial charge is 0.348 e. The smallest absolute Gasteiger partial charge is 0.184 e. The SMILES string of the molecule is CC(=O)CCC[C@H](C)[C@@H]1O[C@H](c2ccccc2)OC[C@H]1C. The second-order valence-corrected chi connectivity index (χ2v) is 6.23. The second-order valence-electron chi connectivity index (χ2n) is 6.23. The Labute approximate surface area is 127 Å². The molecule has 0 bridgehead atoms. The van der Waals surface area contributed by atoms with Crippen LogP contribution in [0.15, 0.2) is 30.3 Å². The highest BCUT2D eigenvalue weighted by atomic mass is 16.7. The number of hydrogen-bond acceptors (Lipinski definition) is 3. The molecule has 0 spiro atoms. The highest BCUT2D eigenvalue weighted by Crippen LogP contribution is 2.33. The molecule has 1 heterocycles. The normalized spacial score (nSPS) is 27.3. The molecule has 3 nitrogen and oxygen atoms in total. The molecule has 0 aliphatic carbocycles. The van der Waals surface area contributed by atoms with Gasteiger partial charge in [-0.1, -0.05) is 44.2 Å². The van der Waals surface area contributed by atoms with Gasteiger partial charge in [0.2, 0.25) is 0 Å². The van der Waals surface area contributed by atoms with Gasteiger partial charge in [-0.15, -0.1) is 0 Å². The van der Waals surface area contributed by atoms with Crippen LogP contribution in [0.5, 0.6) is 0 Å². The van der Waals surface area contributed by atoms with Crippen LogP contribution < -0.4 is 0 Å². The van der Waals surface area contributed by atoms with Gasteiger partial charge in [0.05, 0.1) is 12.7 Å². The first-order chi connectivity index (χ1) is 10.1. The average Bonchev–Trinajstić information content (AvgIpc) is 2.48. The van der Waals surface area contributed by atoms with Crippen molar-refractivity contribution in [1.82, 2.24) is 0 Å².